The zero-order valence-corrected chi connectivity index (χ0v) is 11.7. The molecule has 0 fully saturated rings. The van der Waals surface area contributed by atoms with Crippen LogP contribution in [0.1, 0.15) is 5.56 Å². The number of nitrogens with zero attached hydrogens (tertiary/aromatic N) is 2. The number of anilines is 1. The summed E-state index contributed by atoms with van der Waals surface area (Å²) >= 11 is 0. The Kier molecular flexibility index (Phi) is 4.05. The van der Waals surface area contributed by atoms with Crippen molar-refractivity contribution in [3.05, 3.63) is 64.0 Å². The highest BCUT2D eigenvalue weighted by atomic mass is 32.2. The number of nitrogens with one attached hydrogen (secondary N) is 1. The third-order valence-electron chi connectivity index (χ3n) is 2.67. The first-order valence-corrected chi connectivity index (χ1v) is 7.29. The summed E-state index contributed by atoms with van der Waals surface area (Å²) < 4.78 is 39.6. The number of halogens is 1. The molecule has 9 heteroatoms. The number of benzene rings is 2. The van der Waals surface area contributed by atoms with Gasteiger partial charge in [0.25, 0.3) is 10.0 Å². The summed E-state index contributed by atoms with van der Waals surface area (Å²) in [6.45, 7) is 0. The van der Waals surface area contributed by atoms with Gasteiger partial charge in [0.1, 0.15) is 0 Å². The summed E-state index contributed by atoms with van der Waals surface area (Å²) in [5.74, 6) is -1.07. The average molecular weight is 321 g/mol. The van der Waals surface area contributed by atoms with Crippen molar-refractivity contribution in [3.8, 4) is 6.07 Å². The van der Waals surface area contributed by atoms with Crippen LogP contribution in [0.25, 0.3) is 0 Å². The van der Waals surface area contributed by atoms with Crippen LogP contribution in [-0.2, 0) is 10.0 Å². The molecular weight excluding hydrogens is 313 g/mol. The first-order chi connectivity index (χ1) is 10.3. The van der Waals surface area contributed by atoms with Crippen molar-refractivity contribution in [3.63, 3.8) is 0 Å². The van der Waals surface area contributed by atoms with Crippen molar-refractivity contribution in [2.75, 3.05) is 4.72 Å². The molecule has 7 nitrogen and oxygen atoms in total. The highest BCUT2D eigenvalue weighted by Crippen LogP contribution is 2.24. The molecule has 0 saturated heterocycles. The minimum absolute atomic E-state index is 0.146. The van der Waals surface area contributed by atoms with Gasteiger partial charge in [0.05, 0.1) is 27.1 Å². The first kappa shape index (κ1) is 15.4. The Labute approximate surface area is 124 Å². The summed E-state index contributed by atoms with van der Waals surface area (Å²) in [6.07, 6.45) is 0. The molecule has 0 aromatic heterocycles. The minimum atomic E-state index is -4.05. The number of rotatable bonds is 4. The Morgan fingerprint density at radius 3 is 2.59 bits per heavy atom. The lowest BCUT2D eigenvalue weighted by molar-refractivity contribution is -0.387. The molecule has 0 bridgehead atoms. The molecule has 2 aromatic carbocycles. The fraction of sp³-hybridized carbons (Fsp3) is 0. The topological polar surface area (TPSA) is 113 Å². The molecule has 0 heterocycles. The van der Waals surface area contributed by atoms with E-state index in [1.54, 1.807) is 6.07 Å². The maximum absolute atomic E-state index is 13.2. The van der Waals surface area contributed by atoms with Gasteiger partial charge in [-0.3, -0.25) is 14.8 Å². The standard InChI is InChI=1S/C13H8FN3O4S/c14-12-5-4-10(7-13(12)17(18)19)16-22(20,21)11-3-1-2-9(6-11)8-15/h1-7,16H. The summed E-state index contributed by atoms with van der Waals surface area (Å²) in [5.41, 5.74) is -0.852. The van der Waals surface area contributed by atoms with E-state index in [0.29, 0.717) is 0 Å². The van der Waals surface area contributed by atoms with E-state index in [0.717, 1.165) is 24.3 Å². The monoisotopic (exact) mass is 321 g/mol. The first-order valence-electron chi connectivity index (χ1n) is 5.80. The van der Waals surface area contributed by atoms with Crippen molar-refractivity contribution in [2.24, 2.45) is 0 Å². The van der Waals surface area contributed by atoms with Crippen molar-refractivity contribution in [1.82, 2.24) is 0 Å². The van der Waals surface area contributed by atoms with Gasteiger partial charge in [-0.05, 0) is 30.3 Å². The fourth-order valence-electron chi connectivity index (χ4n) is 1.66. The summed E-state index contributed by atoms with van der Waals surface area (Å²) in [7, 11) is -4.05. The smallest absolute Gasteiger partial charge is 0.279 e. The van der Waals surface area contributed by atoms with E-state index in [4.69, 9.17) is 5.26 Å². The molecule has 112 valence electrons. The molecule has 0 unspecified atom stereocenters. The quantitative estimate of drug-likeness (QED) is 0.686. The molecule has 2 rings (SSSR count). The lowest BCUT2D eigenvalue weighted by Gasteiger charge is -2.08. The molecule has 0 aliphatic heterocycles. The average Bonchev–Trinajstić information content (AvgIpc) is 2.48. The number of sulfonamides is 1. The Morgan fingerprint density at radius 2 is 1.95 bits per heavy atom. The van der Waals surface area contributed by atoms with Gasteiger partial charge in [-0.1, -0.05) is 6.07 Å². The van der Waals surface area contributed by atoms with Crippen molar-refractivity contribution >= 4 is 21.4 Å². The Hall–Kier alpha value is -2.99. The lowest BCUT2D eigenvalue weighted by atomic mass is 10.2. The maximum Gasteiger partial charge on any atom is 0.306 e. The molecule has 1 N–H and O–H groups in total. The van der Waals surface area contributed by atoms with Gasteiger partial charge in [-0.15, -0.1) is 0 Å². The van der Waals surface area contributed by atoms with Gasteiger partial charge < -0.3 is 0 Å². The van der Waals surface area contributed by atoms with E-state index < -0.39 is 26.5 Å². The summed E-state index contributed by atoms with van der Waals surface area (Å²) in [4.78, 5) is 9.51. The van der Waals surface area contributed by atoms with Crippen molar-refractivity contribution in [1.29, 1.82) is 5.26 Å². The highest BCUT2D eigenvalue weighted by Gasteiger charge is 2.19. The Balaban J connectivity index is 2.39. The van der Waals surface area contributed by atoms with Gasteiger partial charge in [0.15, 0.2) is 0 Å². The number of nitro groups is 1. The lowest BCUT2D eigenvalue weighted by Crippen LogP contribution is -2.13. The SMILES string of the molecule is N#Cc1cccc(S(=O)(=O)Nc2ccc(F)c([N+](=O)[O-])c2)c1. The van der Waals surface area contributed by atoms with E-state index in [1.165, 1.54) is 18.2 Å². The molecule has 22 heavy (non-hydrogen) atoms. The largest absolute Gasteiger partial charge is 0.306 e. The van der Waals surface area contributed by atoms with Crippen LogP contribution in [0.3, 0.4) is 0 Å². The highest BCUT2D eigenvalue weighted by molar-refractivity contribution is 7.92. The molecule has 0 spiro atoms. The predicted octanol–water partition coefficient (Wildman–Crippen LogP) is 2.41. The van der Waals surface area contributed by atoms with Gasteiger partial charge in [0.2, 0.25) is 5.82 Å². The Bertz CT molecular complexity index is 890. The van der Waals surface area contributed by atoms with Crippen LogP contribution in [0.15, 0.2) is 47.4 Å². The van der Waals surface area contributed by atoms with Crippen LogP contribution in [0.2, 0.25) is 0 Å². The molecular formula is C13H8FN3O4S. The van der Waals surface area contributed by atoms with E-state index >= 15 is 0 Å². The van der Waals surface area contributed by atoms with Gasteiger partial charge in [-0.25, -0.2) is 8.42 Å². The molecule has 0 aliphatic rings. The van der Waals surface area contributed by atoms with Crippen LogP contribution < -0.4 is 4.72 Å². The number of hydrogen-bond donors (Lipinski definition) is 1. The van der Waals surface area contributed by atoms with E-state index in [1.807, 2.05) is 0 Å². The fourth-order valence-corrected chi connectivity index (χ4v) is 2.76. The van der Waals surface area contributed by atoms with Crippen LogP contribution >= 0.6 is 0 Å². The molecule has 2 aromatic rings. The summed E-state index contributed by atoms with van der Waals surface area (Å²) in [5, 5.41) is 19.4. The van der Waals surface area contributed by atoms with Gasteiger partial charge in [-0.2, -0.15) is 9.65 Å². The molecule has 0 atom stereocenters. The maximum atomic E-state index is 13.2. The molecule has 0 aliphatic carbocycles. The molecule has 0 radical (unpaired) electrons. The van der Waals surface area contributed by atoms with E-state index in [-0.39, 0.29) is 16.1 Å². The zero-order valence-electron chi connectivity index (χ0n) is 10.9. The summed E-state index contributed by atoms with van der Waals surface area (Å²) in [6, 6.07) is 9.68. The Morgan fingerprint density at radius 1 is 1.23 bits per heavy atom. The number of hydrogen-bond acceptors (Lipinski definition) is 5. The van der Waals surface area contributed by atoms with Gasteiger partial charge in [0, 0.05) is 6.07 Å². The van der Waals surface area contributed by atoms with E-state index in [9.17, 15) is 22.9 Å². The number of nitriles is 1. The minimum Gasteiger partial charge on any atom is -0.279 e. The predicted molar refractivity (Wildman–Crippen MR) is 75.0 cm³/mol. The third kappa shape index (κ3) is 3.18. The van der Waals surface area contributed by atoms with Crippen molar-refractivity contribution in [2.45, 2.75) is 4.90 Å². The third-order valence-corrected chi connectivity index (χ3v) is 4.05. The van der Waals surface area contributed by atoms with Crippen LogP contribution in [0, 0.1) is 27.3 Å². The zero-order chi connectivity index (χ0) is 16.3. The molecule has 0 amide bonds. The van der Waals surface area contributed by atoms with E-state index in [2.05, 4.69) is 4.72 Å². The second-order valence-corrected chi connectivity index (χ2v) is 5.85. The van der Waals surface area contributed by atoms with Crippen LogP contribution in [-0.4, -0.2) is 13.3 Å². The second-order valence-electron chi connectivity index (χ2n) is 4.17. The van der Waals surface area contributed by atoms with Gasteiger partial charge >= 0.3 is 5.69 Å². The second kappa shape index (κ2) is 5.79. The number of nitro benzene ring substituents is 1. The van der Waals surface area contributed by atoms with Crippen LogP contribution in [0.4, 0.5) is 15.8 Å². The molecule has 0 saturated carbocycles. The normalized spacial score (nSPS) is 10.7. The van der Waals surface area contributed by atoms with Crippen molar-refractivity contribution < 1.29 is 17.7 Å². The van der Waals surface area contributed by atoms with Crippen LogP contribution in [0.5, 0.6) is 0 Å².